The molecule has 0 aliphatic rings. The number of fused-ring (bicyclic) bond motifs is 2. The zero-order chi connectivity index (χ0) is 28.9. The molecule has 0 aliphatic carbocycles. The zero-order valence-corrected chi connectivity index (χ0v) is 22.9. The van der Waals surface area contributed by atoms with Crippen LogP contribution in [0.15, 0.2) is 45.6 Å². The Morgan fingerprint density at radius 2 is 1.82 bits per heavy atom. The monoisotopic (exact) mass is 568 g/mol. The molecule has 40 heavy (non-hydrogen) atoms. The first kappa shape index (κ1) is 27.3. The molecule has 0 amide bonds. The fourth-order valence-corrected chi connectivity index (χ4v) is 5.27. The number of anilines is 1. The molecule has 12 heteroatoms. The minimum Gasteiger partial charge on any atom is -0.464 e. The molecular weight excluding hydrogens is 545 g/mol. The second-order valence-corrected chi connectivity index (χ2v) is 10.5. The number of pyridine rings is 2. The molecule has 0 saturated carbocycles. The number of benzene rings is 1. The Bertz CT molecular complexity index is 1860. The van der Waals surface area contributed by atoms with Crippen molar-refractivity contribution in [2.45, 2.75) is 39.9 Å². The Morgan fingerprint density at radius 1 is 1.07 bits per heavy atom. The number of nitrogens with one attached hydrogen (secondary N) is 1. The summed E-state index contributed by atoms with van der Waals surface area (Å²) in [6.45, 7) is 7.11. The number of esters is 1. The molecule has 1 N–H and O–H groups in total. The van der Waals surface area contributed by atoms with E-state index in [1.165, 1.54) is 11.3 Å². The summed E-state index contributed by atoms with van der Waals surface area (Å²) in [6.07, 6.45) is -4.74. The van der Waals surface area contributed by atoms with Gasteiger partial charge in [-0.3, -0.25) is 4.79 Å². The van der Waals surface area contributed by atoms with Crippen LogP contribution in [0.1, 0.15) is 50.8 Å². The van der Waals surface area contributed by atoms with Crippen molar-refractivity contribution in [3.05, 3.63) is 79.7 Å². The van der Waals surface area contributed by atoms with Crippen molar-refractivity contribution in [2.24, 2.45) is 0 Å². The van der Waals surface area contributed by atoms with E-state index in [4.69, 9.17) is 4.42 Å². The lowest BCUT2D eigenvalue weighted by atomic mass is 9.99. The molecule has 8 nitrogen and oxygen atoms in total. The molecule has 4 heterocycles. The first-order chi connectivity index (χ1) is 18.9. The molecular formula is C28H23F3N4O4S. The van der Waals surface area contributed by atoms with Gasteiger partial charge in [-0.15, -0.1) is 0 Å². The lowest BCUT2D eigenvalue weighted by Crippen LogP contribution is -2.18. The van der Waals surface area contributed by atoms with E-state index in [-0.39, 0.29) is 16.7 Å². The molecule has 0 spiro atoms. The fourth-order valence-electron chi connectivity index (χ4n) is 4.48. The minimum absolute atomic E-state index is 0.0318. The number of aryl methyl sites for hydroxylation is 2. The van der Waals surface area contributed by atoms with Gasteiger partial charge in [0, 0.05) is 11.1 Å². The largest absolute Gasteiger partial charge is 0.464 e. The van der Waals surface area contributed by atoms with Gasteiger partial charge >= 0.3 is 12.1 Å². The van der Waals surface area contributed by atoms with Crippen LogP contribution in [0.2, 0.25) is 0 Å². The van der Waals surface area contributed by atoms with Crippen LogP contribution < -0.4 is 10.7 Å². The molecule has 0 fully saturated rings. The van der Waals surface area contributed by atoms with Gasteiger partial charge in [-0.2, -0.15) is 13.2 Å². The van der Waals surface area contributed by atoms with Gasteiger partial charge in [0.25, 0.3) is 0 Å². The number of methoxy groups -OCH3 is 1. The third-order valence-electron chi connectivity index (χ3n) is 6.39. The Balaban J connectivity index is 1.64. The van der Waals surface area contributed by atoms with E-state index in [0.717, 1.165) is 35.3 Å². The van der Waals surface area contributed by atoms with Gasteiger partial charge in [0.1, 0.15) is 27.3 Å². The van der Waals surface area contributed by atoms with Gasteiger partial charge in [0.05, 0.1) is 29.2 Å². The van der Waals surface area contributed by atoms with E-state index in [9.17, 15) is 22.8 Å². The van der Waals surface area contributed by atoms with E-state index in [0.29, 0.717) is 32.8 Å². The number of aromatic nitrogens is 3. The Morgan fingerprint density at radius 3 is 2.52 bits per heavy atom. The van der Waals surface area contributed by atoms with E-state index in [1.54, 1.807) is 32.0 Å². The van der Waals surface area contributed by atoms with Gasteiger partial charge in [0.2, 0.25) is 0 Å². The summed E-state index contributed by atoms with van der Waals surface area (Å²) in [5.74, 6) is -0.728. The summed E-state index contributed by atoms with van der Waals surface area (Å²) in [4.78, 5) is 39.1. The zero-order valence-electron chi connectivity index (χ0n) is 22.1. The smallest absolute Gasteiger partial charge is 0.433 e. The predicted molar refractivity (Wildman–Crippen MR) is 146 cm³/mol. The van der Waals surface area contributed by atoms with E-state index in [2.05, 4.69) is 25.0 Å². The standard InChI is InChI=1S/C28H23F3N4O4S/c1-12-10-16(14(3)32-18-8-9-21(28(29,30)31)35-22(18)27(37)38-5)25-17(11-12)23(36)13(2)24(39-25)19-6-7-20-26(34-19)40-15(4)33-20/h6-11,14,32H,1-5H3/t14-/m1/s1. The van der Waals surface area contributed by atoms with Gasteiger partial charge in [-0.1, -0.05) is 17.4 Å². The van der Waals surface area contributed by atoms with Crippen molar-refractivity contribution in [3.8, 4) is 11.5 Å². The van der Waals surface area contributed by atoms with Crippen molar-refractivity contribution in [1.29, 1.82) is 0 Å². The summed E-state index contributed by atoms with van der Waals surface area (Å²) in [7, 11) is 1.06. The number of thiazole rings is 1. The van der Waals surface area contributed by atoms with Crippen LogP contribution in [0.25, 0.3) is 32.8 Å². The third kappa shape index (κ3) is 4.90. The molecule has 1 aromatic carbocycles. The van der Waals surface area contributed by atoms with Crippen LogP contribution in [0.5, 0.6) is 0 Å². The number of halogens is 3. The highest BCUT2D eigenvalue weighted by Crippen LogP contribution is 2.34. The highest BCUT2D eigenvalue weighted by Gasteiger charge is 2.34. The number of carbonyl (C=O) groups excluding carboxylic acids is 1. The molecule has 0 bridgehead atoms. The molecule has 1 atom stereocenters. The summed E-state index contributed by atoms with van der Waals surface area (Å²) in [5.41, 5.74) is 1.28. The second-order valence-electron chi connectivity index (χ2n) is 9.32. The lowest BCUT2D eigenvalue weighted by molar-refractivity contribution is -0.141. The average molecular weight is 569 g/mol. The molecule has 0 unspecified atom stereocenters. The first-order valence-corrected chi connectivity index (χ1v) is 12.9. The predicted octanol–water partition coefficient (Wildman–Crippen LogP) is 6.76. The second kappa shape index (κ2) is 10.0. The highest BCUT2D eigenvalue weighted by atomic mass is 32.1. The summed E-state index contributed by atoms with van der Waals surface area (Å²) in [5, 5.41) is 4.25. The summed E-state index contributed by atoms with van der Waals surface area (Å²) < 4.78 is 50.8. The van der Waals surface area contributed by atoms with Crippen LogP contribution in [0.4, 0.5) is 18.9 Å². The summed E-state index contributed by atoms with van der Waals surface area (Å²) >= 11 is 1.43. The number of carbonyl (C=O) groups is 1. The van der Waals surface area contributed by atoms with Crippen LogP contribution in [0.3, 0.4) is 0 Å². The number of rotatable bonds is 5. The molecule has 0 saturated heterocycles. The molecule has 206 valence electrons. The molecule has 0 radical (unpaired) electrons. The SMILES string of the molecule is COC(=O)c1nc(C(F)(F)F)ccc1N[C@H](C)c1cc(C)cc2c(=O)c(C)c(-c3ccc4nc(C)sc4n3)oc12. The maximum Gasteiger partial charge on any atom is 0.433 e. The Kier molecular flexibility index (Phi) is 6.82. The van der Waals surface area contributed by atoms with Gasteiger partial charge < -0.3 is 14.5 Å². The Labute approximate surface area is 229 Å². The topological polar surface area (TPSA) is 107 Å². The number of nitrogens with zero attached hydrogens (tertiary/aromatic N) is 3. The maximum atomic E-state index is 13.5. The third-order valence-corrected chi connectivity index (χ3v) is 7.27. The number of hydrogen-bond donors (Lipinski definition) is 1. The minimum atomic E-state index is -4.74. The van der Waals surface area contributed by atoms with Crippen molar-refractivity contribution in [2.75, 3.05) is 12.4 Å². The van der Waals surface area contributed by atoms with E-state index < -0.39 is 29.6 Å². The van der Waals surface area contributed by atoms with Crippen molar-refractivity contribution in [3.63, 3.8) is 0 Å². The molecule has 5 aromatic rings. The fraction of sp³-hybridized carbons (Fsp3) is 0.250. The van der Waals surface area contributed by atoms with Crippen molar-refractivity contribution < 1.29 is 27.1 Å². The van der Waals surface area contributed by atoms with Gasteiger partial charge in [-0.05, 0) is 63.6 Å². The maximum absolute atomic E-state index is 13.5. The van der Waals surface area contributed by atoms with Crippen molar-refractivity contribution in [1.82, 2.24) is 15.0 Å². The highest BCUT2D eigenvalue weighted by molar-refractivity contribution is 7.18. The normalized spacial score (nSPS) is 12.6. The van der Waals surface area contributed by atoms with Crippen LogP contribution in [0, 0.1) is 20.8 Å². The quantitative estimate of drug-likeness (QED) is 0.232. The van der Waals surface area contributed by atoms with Crippen LogP contribution >= 0.6 is 11.3 Å². The Hall–Kier alpha value is -4.32. The van der Waals surface area contributed by atoms with Gasteiger partial charge in [-0.25, -0.2) is 19.7 Å². The van der Waals surface area contributed by atoms with Crippen LogP contribution in [-0.4, -0.2) is 28.0 Å². The first-order valence-electron chi connectivity index (χ1n) is 12.1. The number of hydrogen-bond acceptors (Lipinski definition) is 9. The average Bonchev–Trinajstić information content (AvgIpc) is 3.28. The number of ether oxygens (including phenoxy) is 1. The van der Waals surface area contributed by atoms with Gasteiger partial charge in [0.15, 0.2) is 16.9 Å². The van der Waals surface area contributed by atoms with E-state index in [1.807, 2.05) is 19.9 Å². The lowest BCUT2D eigenvalue weighted by Gasteiger charge is -2.20. The van der Waals surface area contributed by atoms with E-state index >= 15 is 0 Å². The molecule has 4 aromatic heterocycles. The number of alkyl halides is 3. The molecule has 0 aliphatic heterocycles. The van der Waals surface area contributed by atoms with Crippen molar-refractivity contribution >= 4 is 44.3 Å². The summed E-state index contributed by atoms with van der Waals surface area (Å²) in [6, 6.07) is 8.36. The van der Waals surface area contributed by atoms with Crippen LogP contribution in [-0.2, 0) is 10.9 Å². The molecule has 5 rings (SSSR count).